The van der Waals surface area contributed by atoms with Crippen LogP contribution >= 0.6 is 0 Å². The zero-order chi connectivity index (χ0) is 8.55. The van der Waals surface area contributed by atoms with Gasteiger partial charge in [-0.15, -0.1) is 0 Å². The maximum absolute atomic E-state index is 9.15. The Bertz CT molecular complexity index is 149. The van der Waals surface area contributed by atoms with Crippen LogP contribution < -0.4 is 0 Å². The van der Waals surface area contributed by atoms with Crippen molar-refractivity contribution in [2.45, 2.75) is 25.0 Å². The first kappa shape index (κ1) is 8.48. The van der Waals surface area contributed by atoms with Gasteiger partial charge in [-0.1, -0.05) is 0 Å². The zero-order valence-corrected chi connectivity index (χ0v) is 7.74. The highest BCUT2D eigenvalue weighted by atomic mass is 16.3. The second kappa shape index (κ2) is 3.32. The summed E-state index contributed by atoms with van der Waals surface area (Å²) in [7, 11) is 2.18. The Morgan fingerprint density at radius 2 is 1.75 bits per heavy atom. The molecule has 2 rings (SSSR count). The summed E-state index contributed by atoms with van der Waals surface area (Å²) in [4.78, 5) is 4.80. The predicted octanol–water partition coefficient (Wildman–Crippen LogP) is -0.243. The standard InChI is InChI=1S/C9H18N2O/c1-10-4-2-8(3-5-10)11-6-9(12)7-11/h8-9,12H,2-7H2,1H3. The van der Waals surface area contributed by atoms with Crippen LogP contribution in [0.2, 0.25) is 0 Å². The van der Waals surface area contributed by atoms with Gasteiger partial charge >= 0.3 is 0 Å². The largest absolute Gasteiger partial charge is 0.390 e. The number of aliphatic hydroxyl groups excluding tert-OH is 1. The van der Waals surface area contributed by atoms with Gasteiger partial charge in [-0.05, 0) is 33.0 Å². The Morgan fingerprint density at radius 3 is 2.25 bits per heavy atom. The van der Waals surface area contributed by atoms with Gasteiger partial charge in [0.2, 0.25) is 0 Å². The fourth-order valence-corrected chi connectivity index (χ4v) is 2.15. The third-order valence-electron chi connectivity index (χ3n) is 3.10. The molecule has 2 aliphatic rings. The van der Waals surface area contributed by atoms with Crippen molar-refractivity contribution in [2.24, 2.45) is 0 Å². The molecule has 2 saturated heterocycles. The average Bonchev–Trinajstić information content (AvgIpc) is 2.01. The van der Waals surface area contributed by atoms with E-state index in [0.29, 0.717) is 0 Å². The molecule has 2 heterocycles. The van der Waals surface area contributed by atoms with Gasteiger partial charge in [0.25, 0.3) is 0 Å². The van der Waals surface area contributed by atoms with Crippen LogP contribution in [0.3, 0.4) is 0 Å². The molecule has 0 atom stereocenters. The van der Waals surface area contributed by atoms with Crippen molar-refractivity contribution >= 4 is 0 Å². The maximum Gasteiger partial charge on any atom is 0.0794 e. The molecule has 70 valence electrons. The fraction of sp³-hybridized carbons (Fsp3) is 1.00. The highest BCUT2D eigenvalue weighted by molar-refractivity contribution is 4.87. The number of piperidine rings is 1. The monoisotopic (exact) mass is 170 g/mol. The summed E-state index contributed by atoms with van der Waals surface area (Å²) in [6.07, 6.45) is 2.52. The van der Waals surface area contributed by atoms with E-state index >= 15 is 0 Å². The van der Waals surface area contributed by atoms with Crippen molar-refractivity contribution in [3.63, 3.8) is 0 Å². The first-order chi connectivity index (χ1) is 5.75. The molecule has 12 heavy (non-hydrogen) atoms. The molecule has 0 radical (unpaired) electrons. The quantitative estimate of drug-likeness (QED) is 0.588. The van der Waals surface area contributed by atoms with Crippen molar-refractivity contribution in [3.05, 3.63) is 0 Å². The minimum absolute atomic E-state index is 0.0374. The topological polar surface area (TPSA) is 26.7 Å². The molecule has 0 spiro atoms. The lowest BCUT2D eigenvalue weighted by atomic mass is 9.99. The van der Waals surface area contributed by atoms with E-state index < -0.39 is 0 Å². The molecule has 2 aliphatic heterocycles. The highest BCUT2D eigenvalue weighted by Crippen LogP contribution is 2.20. The van der Waals surface area contributed by atoms with Crippen LogP contribution in [-0.2, 0) is 0 Å². The molecule has 2 fully saturated rings. The lowest BCUT2D eigenvalue weighted by Gasteiger charge is -2.44. The molecule has 3 heteroatoms. The van der Waals surface area contributed by atoms with E-state index in [9.17, 15) is 0 Å². The lowest BCUT2D eigenvalue weighted by Crippen LogP contribution is -2.57. The maximum atomic E-state index is 9.15. The van der Waals surface area contributed by atoms with E-state index in [1.165, 1.54) is 25.9 Å². The highest BCUT2D eigenvalue weighted by Gasteiger charge is 2.32. The van der Waals surface area contributed by atoms with Gasteiger partial charge in [0, 0.05) is 19.1 Å². The summed E-state index contributed by atoms with van der Waals surface area (Å²) >= 11 is 0. The minimum Gasteiger partial charge on any atom is -0.390 e. The van der Waals surface area contributed by atoms with Crippen LogP contribution in [0.1, 0.15) is 12.8 Å². The molecule has 0 saturated carbocycles. The van der Waals surface area contributed by atoms with Crippen LogP contribution in [0.4, 0.5) is 0 Å². The van der Waals surface area contributed by atoms with Gasteiger partial charge < -0.3 is 10.0 Å². The molecule has 3 nitrogen and oxygen atoms in total. The van der Waals surface area contributed by atoms with Crippen molar-refractivity contribution < 1.29 is 5.11 Å². The second-order valence-corrected chi connectivity index (χ2v) is 4.14. The van der Waals surface area contributed by atoms with Crippen LogP contribution in [-0.4, -0.2) is 60.3 Å². The SMILES string of the molecule is CN1CCC(N2CC(O)C2)CC1. The van der Waals surface area contributed by atoms with Crippen molar-refractivity contribution in [1.82, 2.24) is 9.80 Å². The van der Waals surface area contributed by atoms with Gasteiger partial charge in [0.1, 0.15) is 0 Å². The van der Waals surface area contributed by atoms with Gasteiger partial charge in [-0.25, -0.2) is 0 Å². The molecule has 0 aromatic rings. The molecular weight excluding hydrogens is 152 g/mol. The number of hydrogen-bond donors (Lipinski definition) is 1. The van der Waals surface area contributed by atoms with Crippen molar-refractivity contribution in [2.75, 3.05) is 33.2 Å². The van der Waals surface area contributed by atoms with Crippen LogP contribution in [0.25, 0.3) is 0 Å². The molecular formula is C9H18N2O. The summed E-state index contributed by atoms with van der Waals surface area (Å²) in [5.74, 6) is 0. The normalized spacial score (nSPS) is 30.5. The zero-order valence-electron chi connectivity index (χ0n) is 7.74. The summed E-state index contributed by atoms with van der Waals surface area (Å²) < 4.78 is 0. The molecule has 1 N–H and O–H groups in total. The van der Waals surface area contributed by atoms with E-state index in [1.54, 1.807) is 0 Å². The van der Waals surface area contributed by atoms with Gasteiger partial charge in [-0.2, -0.15) is 0 Å². The van der Waals surface area contributed by atoms with E-state index in [0.717, 1.165) is 19.1 Å². The fourth-order valence-electron chi connectivity index (χ4n) is 2.15. The summed E-state index contributed by atoms with van der Waals surface area (Å²) in [5, 5.41) is 9.15. The van der Waals surface area contributed by atoms with Crippen molar-refractivity contribution in [3.8, 4) is 0 Å². The summed E-state index contributed by atoms with van der Waals surface area (Å²) in [6, 6.07) is 0.754. The minimum atomic E-state index is -0.0374. The van der Waals surface area contributed by atoms with Gasteiger partial charge in [-0.3, -0.25) is 4.90 Å². The van der Waals surface area contributed by atoms with E-state index in [4.69, 9.17) is 5.11 Å². The summed E-state index contributed by atoms with van der Waals surface area (Å²) in [5.41, 5.74) is 0. The van der Waals surface area contributed by atoms with Crippen molar-refractivity contribution in [1.29, 1.82) is 0 Å². The Kier molecular flexibility index (Phi) is 2.35. The van der Waals surface area contributed by atoms with Gasteiger partial charge in [0.05, 0.1) is 6.10 Å². The van der Waals surface area contributed by atoms with Crippen LogP contribution in [0.15, 0.2) is 0 Å². The van der Waals surface area contributed by atoms with E-state index in [1.807, 2.05) is 0 Å². The number of rotatable bonds is 1. The number of hydrogen-bond acceptors (Lipinski definition) is 3. The molecule has 0 amide bonds. The van der Waals surface area contributed by atoms with Crippen LogP contribution in [0, 0.1) is 0 Å². The number of likely N-dealkylation sites (tertiary alicyclic amines) is 2. The Morgan fingerprint density at radius 1 is 1.17 bits per heavy atom. The summed E-state index contributed by atoms with van der Waals surface area (Å²) in [6.45, 7) is 4.26. The van der Waals surface area contributed by atoms with E-state index in [-0.39, 0.29) is 6.10 Å². The Hall–Kier alpha value is -0.120. The Balaban J connectivity index is 1.75. The van der Waals surface area contributed by atoms with Crippen LogP contribution in [0.5, 0.6) is 0 Å². The first-order valence-corrected chi connectivity index (χ1v) is 4.86. The third kappa shape index (κ3) is 1.63. The molecule has 0 aromatic heterocycles. The average molecular weight is 170 g/mol. The number of β-amino-alcohol motifs (C(OH)–C–C–N with tert-alkyl or cyclic N) is 1. The smallest absolute Gasteiger partial charge is 0.0794 e. The third-order valence-corrected chi connectivity index (χ3v) is 3.10. The number of aliphatic hydroxyl groups is 1. The molecule has 0 aromatic carbocycles. The number of nitrogens with zero attached hydrogens (tertiary/aromatic N) is 2. The molecule has 0 unspecified atom stereocenters. The lowest BCUT2D eigenvalue weighted by molar-refractivity contribution is -0.0380. The predicted molar refractivity (Wildman–Crippen MR) is 48.1 cm³/mol. The van der Waals surface area contributed by atoms with Gasteiger partial charge in [0.15, 0.2) is 0 Å². The second-order valence-electron chi connectivity index (χ2n) is 4.14. The molecule has 0 bridgehead atoms. The first-order valence-electron chi connectivity index (χ1n) is 4.86. The van der Waals surface area contributed by atoms with E-state index in [2.05, 4.69) is 16.8 Å². The Labute approximate surface area is 74.0 Å². The molecule has 0 aliphatic carbocycles.